The molecule has 1 aromatic rings. The van der Waals surface area contributed by atoms with Crippen molar-refractivity contribution < 1.29 is 4.79 Å². The molecule has 122 valence electrons. The number of fused-ring (bicyclic) bond motifs is 1. The summed E-state index contributed by atoms with van der Waals surface area (Å²) >= 11 is 1.86. The van der Waals surface area contributed by atoms with E-state index in [2.05, 4.69) is 33.9 Å². The summed E-state index contributed by atoms with van der Waals surface area (Å²) in [6.45, 7) is 5.79. The van der Waals surface area contributed by atoms with Gasteiger partial charge in [0.25, 0.3) is 0 Å². The molecule has 0 bridgehead atoms. The van der Waals surface area contributed by atoms with Crippen molar-refractivity contribution in [1.29, 1.82) is 0 Å². The van der Waals surface area contributed by atoms with Crippen LogP contribution in [0.2, 0.25) is 0 Å². The third-order valence-electron chi connectivity index (χ3n) is 3.66. The van der Waals surface area contributed by atoms with Crippen LogP contribution >= 0.6 is 36.2 Å². The summed E-state index contributed by atoms with van der Waals surface area (Å²) in [5.74, 6) is 0.134. The third kappa shape index (κ3) is 6.12. The van der Waals surface area contributed by atoms with Gasteiger partial charge in [0, 0.05) is 43.5 Å². The molecule has 2 rings (SSSR count). The Hall–Kier alpha value is -0.330. The van der Waals surface area contributed by atoms with E-state index < -0.39 is 0 Å². The second-order valence-electron chi connectivity index (χ2n) is 5.10. The van der Waals surface area contributed by atoms with Crippen LogP contribution in [0.4, 0.5) is 0 Å². The van der Waals surface area contributed by atoms with Crippen LogP contribution in [-0.2, 0) is 17.8 Å². The monoisotopic (exact) mass is 353 g/mol. The van der Waals surface area contributed by atoms with Crippen LogP contribution in [0.5, 0.6) is 0 Å². The standard InChI is InChI=1S/C14H23N3OS.2ClH/c1-11(9-16-14(18)3-6-15-2)17-7-4-13-12(10-17)5-8-19-13;;/h5,8,11,15H,3-4,6-7,9-10H2,1-2H3,(H,16,18);2*1H. The van der Waals surface area contributed by atoms with E-state index in [1.165, 1.54) is 10.4 Å². The van der Waals surface area contributed by atoms with Gasteiger partial charge in [0.05, 0.1) is 0 Å². The van der Waals surface area contributed by atoms with Crippen molar-refractivity contribution in [1.82, 2.24) is 15.5 Å². The number of rotatable bonds is 6. The Morgan fingerprint density at radius 2 is 2.24 bits per heavy atom. The summed E-state index contributed by atoms with van der Waals surface area (Å²) in [6, 6.07) is 2.62. The normalized spacial score (nSPS) is 15.3. The number of halogens is 2. The van der Waals surface area contributed by atoms with Crippen molar-refractivity contribution in [2.45, 2.75) is 32.4 Å². The zero-order valence-electron chi connectivity index (χ0n) is 12.6. The van der Waals surface area contributed by atoms with Gasteiger partial charge in [-0.2, -0.15) is 0 Å². The summed E-state index contributed by atoms with van der Waals surface area (Å²) in [5, 5.41) is 8.18. The molecule has 0 aliphatic carbocycles. The fourth-order valence-electron chi connectivity index (χ4n) is 2.36. The van der Waals surface area contributed by atoms with Crippen molar-refractivity contribution in [3.05, 3.63) is 21.9 Å². The van der Waals surface area contributed by atoms with Gasteiger partial charge in [-0.1, -0.05) is 0 Å². The number of carbonyl (C=O) groups excluding carboxylic acids is 1. The molecular formula is C14H25Cl2N3OS. The van der Waals surface area contributed by atoms with Gasteiger partial charge in [-0.3, -0.25) is 9.69 Å². The van der Waals surface area contributed by atoms with Crippen molar-refractivity contribution in [2.24, 2.45) is 0 Å². The van der Waals surface area contributed by atoms with Crippen LogP contribution in [0.1, 0.15) is 23.8 Å². The molecule has 2 N–H and O–H groups in total. The Bertz CT molecular complexity index is 428. The molecule has 1 atom stereocenters. The Kier molecular flexibility index (Phi) is 10.2. The molecule has 0 saturated heterocycles. The molecule has 0 aromatic carbocycles. The summed E-state index contributed by atoms with van der Waals surface area (Å²) in [6.07, 6.45) is 1.70. The summed E-state index contributed by atoms with van der Waals surface area (Å²) in [7, 11) is 1.86. The average Bonchev–Trinajstić information content (AvgIpc) is 2.89. The van der Waals surface area contributed by atoms with Crippen LogP contribution in [0.3, 0.4) is 0 Å². The molecule has 0 spiro atoms. The largest absolute Gasteiger partial charge is 0.355 e. The number of amides is 1. The first-order chi connectivity index (χ1) is 9.20. The van der Waals surface area contributed by atoms with Crippen LogP contribution < -0.4 is 10.6 Å². The molecule has 1 unspecified atom stereocenters. The lowest BCUT2D eigenvalue weighted by Gasteiger charge is -2.32. The van der Waals surface area contributed by atoms with Gasteiger partial charge in [-0.05, 0) is 37.4 Å². The molecule has 1 amide bonds. The van der Waals surface area contributed by atoms with Crippen molar-refractivity contribution in [3.8, 4) is 0 Å². The van der Waals surface area contributed by atoms with Crippen LogP contribution in [0, 0.1) is 0 Å². The Labute approximate surface area is 143 Å². The minimum Gasteiger partial charge on any atom is -0.355 e. The van der Waals surface area contributed by atoms with E-state index in [1.807, 2.05) is 18.4 Å². The highest BCUT2D eigenvalue weighted by Crippen LogP contribution is 2.24. The van der Waals surface area contributed by atoms with Crippen molar-refractivity contribution in [2.75, 3.05) is 26.7 Å². The predicted molar refractivity (Wildman–Crippen MR) is 93.9 cm³/mol. The van der Waals surface area contributed by atoms with Gasteiger partial charge in [0.1, 0.15) is 0 Å². The van der Waals surface area contributed by atoms with Gasteiger partial charge >= 0.3 is 0 Å². The zero-order valence-corrected chi connectivity index (χ0v) is 15.0. The number of thiophene rings is 1. The predicted octanol–water partition coefficient (Wildman–Crippen LogP) is 2.06. The highest BCUT2D eigenvalue weighted by molar-refractivity contribution is 7.10. The fourth-order valence-corrected chi connectivity index (χ4v) is 3.25. The zero-order chi connectivity index (χ0) is 13.7. The summed E-state index contributed by atoms with van der Waals surface area (Å²) < 4.78 is 0. The van der Waals surface area contributed by atoms with E-state index in [9.17, 15) is 4.79 Å². The van der Waals surface area contributed by atoms with Gasteiger partial charge in [-0.15, -0.1) is 36.2 Å². The van der Waals surface area contributed by atoms with Gasteiger partial charge in [0.15, 0.2) is 0 Å². The van der Waals surface area contributed by atoms with Gasteiger partial charge in [-0.25, -0.2) is 0 Å². The lowest BCUT2D eigenvalue weighted by atomic mass is 10.1. The Balaban J connectivity index is 0.00000200. The first-order valence-corrected chi connectivity index (χ1v) is 7.79. The Morgan fingerprint density at radius 3 is 2.95 bits per heavy atom. The molecule has 4 nitrogen and oxygen atoms in total. The van der Waals surface area contributed by atoms with Crippen LogP contribution in [0.25, 0.3) is 0 Å². The average molecular weight is 354 g/mol. The molecule has 1 aromatic heterocycles. The molecule has 2 heterocycles. The molecule has 21 heavy (non-hydrogen) atoms. The molecule has 0 radical (unpaired) electrons. The maximum Gasteiger partial charge on any atom is 0.221 e. The fraction of sp³-hybridized carbons (Fsp3) is 0.643. The third-order valence-corrected chi connectivity index (χ3v) is 4.68. The second kappa shape index (κ2) is 10.4. The lowest BCUT2D eigenvalue weighted by molar-refractivity contribution is -0.121. The van der Waals surface area contributed by atoms with Gasteiger partial charge < -0.3 is 10.6 Å². The topological polar surface area (TPSA) is 44.4 Å². The molecule has 0 fully saturated rings. The maximum atomic E-state index is 11.6. The minimum absolute atomic E-state index is 0. The maximum absolute atomic E-state index is 11.6. The quantitative estimate of drug-likeness (QED) is 0.822. The van der Waals surface area contributed by atoms with E-state index in [-0.39, 0.29) is 30.7 Å². The highest BCUT2D eigenvalue weighted by atomic mass is 35.5. The second-order valence-corrected chi connectivity index (χ2v) is 6.10. The number of nitrogens with zero attached hydrogens (tertiary/aromatic N) is 1. The van der Waals surface area contributed by atoms with Crippen LogP contribution in [0.15, 0.2) is 11.4 Å². The molecule has 0 saturated carbocycles. The number of hydrogen-bond donors (Lipinski definition) is 2. The van der Waals surface area contributed by atoms with Gasteiger partial charge in [0.2, 0.25) is 5.91 Å². The highest BCUT2D eigenvalue weighted by Gasteiger charge is 2.21. The number of carbonyl (C=O) groups is 1. The van der Waals surface area contributed by atoms with E-state index in [4.69, 9.17) is 0 Å². The van der Waals surface area contributed by atoms with E-state index in [0.29, 0.717) is 12.5 Å². The van der Waals surface area contributed by atoms with Crippen LogP contribution in [-0.4, -0.2) is 43.5 Å². The number of nitrogens with one attached hydrogen (secondary N) is 2. The number of hydrogen-bond acceptors (Lipinski definition) is 4. The summed E-state index contributed by atoms with van der Waals surface area (Å²) in [4.78, 5) is 15.6. The van der Waals surface area contributed by atoms with Crippen molar-refractivity contribution >= 4 is 42.1 Å². The molecule has 7 heteroatoms. The van der Waals surface area contributed by atoms with Crippen molar-refractivity contribution in [3.63, 3.8) is 0 Å². The molecular weight excluding hydrogens is 329 g/mol. The first-order valence-electron chi connectivity index (χ1n) is 6.91. The Morgan fingerprint density at radius 1 is 1.48 bits per heavy atom. The SMILES string of the molecule is CNCCC(=O)NCC(C)N1CCc2sccc2C1.Cl.Cl. The first kappa shape index (κ1) is 20.7. The van der Waals surface area contributed by atoms with E-state index in [1.54, 1.807) is 0 Å². The molecule has 1 aliphatic heterocycles. The molecule has 1 aliphatic rings. The van der Waals surface area contributed by atoms with E-state index in [0.717, 1.165) is 32.6 Å². The lowest BCUT2D eigenvalue weighted by Crippen LogP contribution is -2.44. The van der Waals surface area contributed by atoms with E-state index >= 15 is 0 Å². The smallest absolute Gasteiger partial charge is 0.221 e. The minimum atomic E-state index is 0. The summed E-state index contributed by atoms with van der Waals surface area (Å²) in [5.41, 5.74) is 1.46.